The largest absolute Gasteiger partial charge is 0.240 e. The molecule has 0 saturated heterocycles. The van der Waals surface area contributed by atoms with E-state index in [0.29, 0.717) is 6.54 Å². The van der Waals surface area contributed by atoms with Crippen molar-refractivity contribution in [3.05, 3.63) is 24.3 Å². The Hall–Kier alpha value is -0.700. The van der Waals surface area contributed by atoms with Crippen LogP contribution in [0.15, 0.2) is 24.3 Å². The average molecular weight is 229 g/mol. The molecule has 0 saturated carbocycles. The molecule has 92 valence electrons. The smallest absolute Gasteiger partial charge is 0.188 e. The molecule has 16 heavy (non-hydrogen) atoms. The summed E-state index contributed by atoms with van der Waals surface area (Å²) in [5.41, 5.74) is 0. The Kier molecular flexibility index (Phi) is 5.67. The normalized spacial score (nSPS) is 24.2. The van der Waals surface area contributed by atoms with Gasteiger partial charge in [0, 0.05) is 13.0 Å². The molecule has 1 nitrogen and oxygen atoms in total. The summed E-state index contributed by atoms with van der Waals surface area (Å²) in [5, 5.41) is 0. The molecule has 0 aliphatic heterocycles. The molecule has 0 N–H and O–H groups in total. The Balaban J connectivity index is 2.40. The van der Waals surface area contributed by atoms with E-state index >= 15 is 0 Å². The minimum absolute atomic E-state index is 0.251. The summed E-state index contributed by atoms with van der Waals surface area (Å²) < 4.78 is 27.1. The third kappa shape index (κ3) is 3.71. The predicted octanol–water partition coefficient (Wildman–Crippen LogP) is 3.98. The van der Waals surface area contributed by atoms with Gasteiger partial charge in [0.15, 0.2) is 5.79 Å². The molecule has 1 aliphatic rings. The van der Waals surface area contributed by atoms with E-state index in [-0.39, 0.29) is 6.42 Å². The third-order valence-corrected chi connectivity index (χ3v) is 2.95. The van der Waals surface area contributed by atoms with Crippen LogP contribution in [0.3, 0.4) is 0 Å². The van der Waals surface area contributed by atoms with E-state index in [1.54, 1.807) is 18.2 Å². The molecular formula is C13H21F2N. The van der Waals surface area contributed by atoms with Crippen LogP contribution in [-0.4, -0.2) is 24.0 Å². The highest BCUT2D eigenvalue weighted by Crippen LogP contribution is 2.27. The lowest BCUT2D eigenvalue weighted by Crippen LogP contribution is -2.44. The molecule has 1 rings (SSSR count). The van der Waals surface area contributed by atoms with E-state index in [1.807, 2.05) is 0 Å². The fraction of sp³-hybridized carbons (Fsp3) is 0.692. The lowest BCUT2D eigenvalue weighted by atomic mass is 10.0. The summed E-state index contributed by atoms with van der Waals surface area (Å²) >= 11 is 0. The van der Waals surface area contributed by atoms with Crippen molar-refractivity contribution >= 4 is 0 Å². The van der Waals surface area contributed by atoms with Crippen LogP contribution in [0.2, 0.25) is 0 Å². The van der Waals surface area contributed by atoms with Crippen LogP contribution in [0.4, 0.5) is 8.78 Å². The van der Waals surface area contributed by atoms with Gasteiger partial charge in [-0.2, -0.15) is 0 Å². The van der Waals surface area contributed by atoms with Gasteiger partial charge in [0.1, 0.15) is 6.80 Å². The van der Waals surface area contributed by atoms with Crippen LogP contribution < -0.4 is 0 Å². The quantitative estimate of drug-likeness (QED) is 0.471. The SMILES string of the molecule is CCCCCCN(CF)C1(F)C=CC=CC1. The molecule has 0 aromatic heterocycles. The monoisotopic (exact) mass is 229 g/mol. The fourth-order valence-electron chi connectivity index (χ4n) is 1.89. The highest BCUT2D eigenvalue weighted by Gasteiger charge is 2.33. The zero-order valence-corrected chi connectivity index (χ0v) is 9.96. The highest BCUT2D eigenvalue weighted by molar-refractivity contribution is 5.17. The number of hydrogen-bond acceptors (Lipinski definition) is 1. The van der Waals surface area contributed by atoms with Crippen LogP contribution in [0, 0.1) is 0 Å². The first-order valence-corrected chi connectivity index (χ1v) is 6.07. The van der Waals surface area contributed by atoms with Crippen molar-refractivity contribution in [3.8, 4) is 0 Å². The third-order valence-electron chi connectivity index (χ3n) is 2.95. The van der Waals surface area contributed by atoms with Crippen molar-refractivity contribution in [1.82, 2.24) is 4.90 Å². The molecule has 0 aromatic rings. The Labute approximate surface area is 96.8 Å². The average Bonchev–Trinajstić information content (AvgIpc) is 2.30. The van der Waals surface area contributed by atoms with Crippen LogP contribution in [0.25, 0.3) is 0 Å². The fourth-order valence-corrected chi connectivity index (χ4v) is 1.89. The minimum atomic E-state index is -1.62. The molecule has 0 heterocycles. The zero-order chi connectivity index (χ0) is 11.9. The first-order valence-electron chi connectivity index (χ1n) is 6.07. The predicted molar refractivity (Wildman–Crippen MR) is 63.6 cm³/mol. The molecule has 0 amide bonds. The summed E-state index contributed by atoms with van der Waals surface area (Å²) in [5.74, 6) is -1.62. The van der Waals surface area contributed by atoms with Gasteiger partial charge in [0.05, 0.1) is 0 Å². The van der Waals surface area contributed by atoms with Gasteiger partial charge in [-0.25, -0.2) is 13.7 Å². The number of allylic oxidation sites excluding steroid dienone is 2. The van der Waals surface area contributed by atoms with E-state index in [9.17, 15) is 8.78 Å². The maximum atomic E-state index is 14.3. The number of alkyl halides is 2. The van der Waals surface area contributed by atoms with Gasteiger partial charge in [-0.15, -0.1) is 0 Å². The van der Waals surface area contributed by atoms with Crippen LogP contribution in [0.1, 0.15) is 39.0 Å². The molecule has 3 heteroatoms. The maximum absolute atomic E-state index is 14.3. The first-order chi connectivity index (χ1) is 7.73. The molecule has 0 bridgehead atoms. The molecule has 1 atom stereocenters. The Morgan fingerprint density at radius 1 is 1.25 bits per heavy atom. The second kappa shape index (κ2) is 6.79. The van der Waals surface area contributed by atoms with Crippen molar-refractivity contribution in [1.29, 1.82) is 0 Å². The van der Waals surface area contributed by atoms with Gasteiger partial charge >= 0.3 is 0 Å². The zero-order valence-electron chi connectivity index (χ0n) is 9.96. The molecule has 0 radical (unpaired) electrons. The molecule has 0 fully saturated rings. The lowest BCUT2D eigenvalue weighted by Gasteiger charge is -2.33. The van der Waals surface area contributed by atoms with E-state index in [4.69, 9.17) is 0 Å². The minimum Gasteiger partial charge on any atom is -0.240 e. The van der Waals surface area contributed by atoms with Crippen LogP contribution >= 0.6 is 0 Å². The van der Waals surface area contributed by atoms with Crippen molar-refractivity contribution in [3.63, 3.8) is 0 Å². The van der Waals surface area contributed by atoms with Gasteiger partial charge < -0.3 is 0 Å². The molecule has 1 unspecified atom stereocenters. The van der Waals surface area contributed by atoms with E-state index in [0.717, 1.165) is 25.7 Å². The van der Waals surface area contributed by atoms with Crippen molar-refractivity contribution < 1.29 is 8.78 Å². The van der Waals surface area contributed by atoms with Gasteiger partial charge in [-0.05, 0) is 12.5 Å². The van der Waals surface area contributed by atoms with Crippen molar-refractivity contribution in [2.75, 3.05) is 13.3 Å². The summed E-state index contributed by atoms with van der Waals surface area (Å²) in [6.07, 6.45) is 11.1. The maximum Gasteiger partial charge on any atom is 0.188 e. The Morgan fingerprint density at radius 2 is 2.06 bits per heavy atom. The Bertz CT molecular complexity index is 250. The molecular weight excluding hydrogens is 208 g/mol. The number of nitrogens with zero attached hydrogens (tertiary/aromatic N) is 1. The van der Waals surface area contributed by atoms with E-state index in [1.165, 1.54) is 11.0 Å². The summed E-state index contributed by atoms with van der Waals surface area (Å²) in [6.45, 7) is 1.89. The number of unbranched alkanes of at least 4 members (excludes halogenated alkanes) is 3. The van der Waals surface area contributed by atoms with Gasteiger partial charge in [-0.1, -0.05) is 44.4 Å². The summed E-state index contributed by atoms with van der Waals surface area (Å²) in [7, 11) is 0. The van der Waals surface area contributed by atoms with Crippen molar-refractivity contribution in [2.24, 2.45) is 0 Å². The first kappa shape index (κ1) is 13.4. The van der Waals surface area contributed by atoms with Gasteiger partial charge in [-0.3, -0.25) is 0 Å². The van der Waals surface area contributed by atoms with Crippen LogP contribution in [0.5, 0.6) is 0 Å². The summed E-state index contributed by atoms with van der Waals surface area (Å²) in [4.78, 5) is 1.28. The topological polar surface area (TPSA) is 3.24 Å². The highest BCUT2D eigenvalue weighted by atomic mass is 19.2. The standard InChI is InChI=1S/C13H21F2N/c1-2-3-4-8-11-16(12-14)13(15)9-6-5-7-10-13/h5-7,9H,2-4,8,10-12H2,1H3. The molecule has 1 aliphatic carbocycles. The van der Waals surface area contributed by atoms with Gasteiger partial charge in [0.2, 0.25) is 0 Å². The Morgan fingerprint density at radius 3 is 2.62 bits per heavy atom. The number of rotatable bonds is 7. The summed E-state index contributed by atoms with van der Waals surface area (Å²) in [6, 6.07) is 0. The van der Waals surface area contributed by atoms with Crippen LogP contribution in [-0.2, 0) is 0 Å². The lowest BCUT2D eigenvalue weighted by molar-refractivity contribution is -0.0202. The second-order valence-electron chi connectivity index (χ2n) is 4.25. The van der Waals surface area contributed by atoms with E-state index in [2.05, 4.69) is 6.92 Å². The molecule has 0 spiro atoms. The number of halogens is 2. The van der Waals surface area contributed by atoms with E-state index < -0.39 is 12.6 Å². The molecule has 0 aromatic carbocycles. The van der Waals surface area contributed by atoms with Crippen molar-refractivity contribution in [2.45, 2.75) is 44.8 Å². The van der Waals surface area contributed by atoms with Gasteiger partial charge in [0.25, 0.3) is 0 Å². The second-order valence-corrected chi connectivity index (χ2v) is 4.25. The number of hydrogen-bond donors (Lipinski definition) is 0.